The smallest absolute Gasteiger partial charge is 0.339 e. The molecule has 1 heterocycles. The van der Waals surface area contributed by atoms with Crippen LogP contribution in [0.25, 0.3) is 0 Å². The maximum Gasteiger partial charge on any atom is 0.339 e. The first kappa shape index (κ1) is 20.5. The van der Waals surface area contributed by atoms with Crippen LogP contribution < -0.4 is 9.47 Å². The minimum absolute atomic E-state index is 0.0891. The highest BCUT2D eigenvalue weighted by atomic mass is 16.5. The molecule has 146 valence electrons. The number of ether oxygens (including phenoxy) is 3. The summed E-state index contributed by atoms with van der Waals surface area (Å²) in [6.07, 6.45) is 0. The zero-order valence-electron chi connectivity index (χ0n) is 16.6. The van der Waals surface area contributed by atoms with Gasteiger partial charge in [0.2, 0.25) is 0 Å². The van der Waals surface area contributed by atoms with Crippen LogP contribution in [0.3, 0.4) is 0 Å². The van der Waals surface area contributed by atoms with E-state index in [9.17, 15) is 9.59 Å². The van der Waals surface area contributed by atoms with Crippen molar-refractivity contribution in [2.24, 2.45) is 0 Å². The number of H-pyrrole nitrogens is 1. The molecule has 0 aliphatic carbocycles. The number of aryl methyl sites for hydroxylation is 1. The Kier molecular flexibility index (Phi) is 6.63. The molecule has 1 aromatic heterocycles. The molecule has 2 aromatic rings. The first-order valence-electron chi connectivity index (χ1n) is 8.52. The second-order valence-corrected chi connectivity index (χ2v) is 6.40. The van der Waals surface area contributed by atoms with E-state index in [0.29, 0.717) is 40.6 Å². The van der Waals surface area contributed by atoms with Gasteiger partial charge in [0.15, 0.2) is 17.3 Å². The number of aromatic nitrogens is 1. The average molecular weight is 374 g/mol. The molecule has 0 aliphatic rings. The first-order chi connectivity index (χ1) is 12.8. The van der Waals surface area contributed by atoms with Crippen LogP contribution >= 0.6 is 0 Å². The molecule has 0 atom stereocenters. The number of methoxy groups -OCH3 is 3. The Morgan fingerprint density at radius 2 is 1.74 bits per heavy atom. The second-order valence-electron chi connectivity index (χ2n) is 6.40. The van der Waals surface area contributed by atoms with Gasteiger partial charge in [0, 0.05) is 12.2 Å². The molecule has 0 unspecified atom stereocenters. The third-order valence-corrected chi connectivity index (χ3v) is 4.42. The molecule has 2 rings (SSSR count). The predicted octanol–water partition coefficient (Wildman–Crippen LogP) is 2.75. The molecule has 0 fully saturated rings. The maximum absolute atomic E-state index is 12.7. The van der Waals surface area contributed by atoms with E-state index >= 15 is 0 Å². The summed E-state index contributed by atoms with van der Waals surface area (Å²) in [6, 6.07) is 5.66. The molecule has 0 spiro atoms. The van der Waals surface area contributed by atoms with Crippen molar-refractivity contribution < 1.29 is 23.8 Å². The van der Waals surface area contributed by atoms with E-state index in [2.05, 4.69) is 4.98 Å². The first-order valence-corrected chi connectivity index (χ1v) is 8.52. The Bertz CT molecular complexity index is 841. The van der Waals surface area contributed by atoms with E-state index in [0.717, 1.165) is 5.56 Å². The monoisotopic (exact) mass is 374 g/mol. The summed E-state index contributed by atoms with van der Waals surface area (Å²) in [5.41, 5.74) is 3.10. The van der Waals surface area contributed by atoms with Crippen LogP contribution in [0.5, 0.6) is 11.5 Å². The highest BCUT2D eigenvalue weighted by Gasteiger charge is 2.23. The Labute approximate surface area is 159 Å². The predicted molar refractivity (Wildman–Crippen MR) is 102 cm³/mol. The van der Waals surface area contributed by atoms with E-state index < -0.39 is 5.97 Å². The number of hydrogen-bond donors (Lipinski definition) is 1. The molecule has 0 bridgehead atoms. The Balaban J connectivity index is 2.11. The molecular formula is C20H26N2O5. The van der Waals surface area contributed by atoms with Gasteiger partial charge in [-0.1, -0.05) is 6.07 Å². The number of aromatic amines is 1. The molecule has 0 saturated carbocycles. The van der Waals surface area contributed by atoms with Gasteiger partial charge in [-0.15, -0.1) is 0 Å². The van der Waals surface area contributed by atoms with Crippen molar-refractivity contribution >= 4 is 11.8 Å². The standard InChI is InChI=1S/C20H26N2O5/c1-12-18(20(24)27-6)13(2)21-19(12)15(23)11-22(3)10-14-7-8-16(25-4)17(9-14)26-5/h7-9,21H,10-11H2,1-6H3. The Morgan fingerprint density at radius 3 is 2.33 bits per heavy atom. The van der Waals surface area contributed by atoms with Crippen molar-refractivity contribution in [2.45, 2.75) is 20.4 Å². The molecule has 27 heavy (non-hydrogen) atoms. The van der Waals surface area contributed by atoms with Gasteiger partial charge in [-0.3, -0.25) is 9.69 Å². The van der Waals surface area contributed by atoms with Gasteiger partial charge >= 0.3 is 5.97 Å². The molecule has 1 aromatic carbocycles. The zero-order chi connectivity index (χ0) is 20.1. The van der Waals surface area contributed by atoms with Crippen LogP contribution in [0.15, 0.2) is 18.2 Å². The molecule has 0 radical (unpaired) electrons. The molecule has 1 N–H and O–H groups in total. The average Bonchev–Trinajstić information content (AvgIpc) is 2.95. The van der Waals surface area contributed by atoms with Gasteiger partial charge in [-0.25, -0.2) is 4.79 Å². The van der Waals surface area contributed by atoms with E-state index in [-0.39, 0.29) is 12.3 Å². The Morgan fingerprint density at radius 1 is 1.07 bits per heavy atom. The largest absolute Gasteiger partial charge is 0.493 e. The minimum atomic E-state index is -0.445. The third-order valence-electron chi connectivity index (χ3n) is 4.42. The van der Waals surface area contributed by atoms with Crippen molar-refractivity contribution in [1.29, 1.82) is 0 Å². The quantitative estimate of drug-likeness (QED) is 0.565. The fraction of sp³-hybridized carbons (Fsp3) is 0.400. The summed E-state index contributed by atoms with van der Waals surface area (Å²) < 4.78 is 15.3. The molecule has 0 saturated heterocycles. The van der Waals surface area contributed by atoms with Gasteiger partial charge in [0.25, 0.3) is 0 Å². The summed E-state index contributed by atoms with van der Waals surface area (Å²) in [5, 5.41) is 0. The van der Waals surface area contributed by atoms with Gasteiger partial charge in [-0.05, 0) is 44.2 Å². The fourth-order valence-corrected chi connectivity index (χ4v) is 3.11. The minimum Gasteiger partial charge on any atom is -0.493 e. The van der Waals surface area contributed by atoms with Crippen LogP contribution in [0, 0.1) is 13.8 Å². The maximum atomic E-state index is 12.7. The zero-order valence-corrected chi connectivity index (χ0v) is 16.6. The number of rotatable bonds is 8. The number of nitrogens with one attached hydrogen (secondary N) is 1. The lowest BCUT2D eigenvalue weighted by Crippen LogP contribution is -2.26. The van der Waals surface area contributed by atoms with Crippen molar-refractivity contribution in [3.05, 3.63) is 46.3 Å². The van der Waals surface area contributed by atoms with Crippen LogP contribution in [0.4, 0.5) is 0 Å². The molecule has 0 aliphatic heterocycles. The number of likely N-dealkylation sites (N-methyl/N-ethyl adjacent to an activating group) is 1. The number of esters is 1. The van der Waals surface area contributed by atoms with Crippen molar-refractivity contribution in [1.82, 2.24) is 9.88 Å². The van der Waals surface area contributed by atoms with E-state index in [1.54, 1.807) is 28.1 Å². The van der Waals surface area contributed by atoms with Crippen molar-refractivity contribution in [3.8, 4) is 11.5 Å². The van der Waals surface area contributed by atoms with Gasteiger partial charge in [-0.2, -0.15) is 0 Å². The molecule has 0 amide bonds. The summed E-state index contributed by atoms with van der Waals surface area (Å²) in [7, 11) is 6.36. The summed E-state index contributed by atoms with van der Waals surface area (Å²) >= 11 is 0. The number of carbonyl (C=O) groups is 2. The summed E-state index contributed by atoms with van der Waals surface area (Å²) in [5.74, 6) is 0.772. The van der Waals surface area contributed by atoms with Gasteiger partial charge in [0.05, 0.1) is 39.1 Å². The number of carbonyl (C=O) groups excluding carboxylic acids is 2. The lowest BCUT2D eigenvalue weighted by molar-refractivity contribution is 0.0599. The van der Waals surface area contributed by atoms with Gasteiger partial charge in [0.1, 0.15) is 0 Å². The normalized spacial score (nSPS) is 10.8. The summed E-state index contributed by atoms with van der Waals surface area (Å²) in [6.45, 7) is 4.27. The summed E-state index contributed by atoms with van der Waals surface area (Å²) in [4.78, 5) is 29.5. The lowest BCUT2D eigenvalue weighted by atomic mass is 10.1. The number of Topliss-reactive ketones (excluding diaryl/α,β-unsaturated/α-hetero) is 1. The highest BCUT2D eigenvalue weighted by molar-refractivity contribution is 6.02. The fourth-order valence-electron chi connectivity index (χ4n) is 3.11. The third kappa shape index (κ3) is 4.49. The van der Waals surface area contributed by atoms with Crippen molar-refractivity contribution in [2.75, 3.05) is 34.9 Å². The molecule has 7 heteroatoms. The highest BCUT2D eigenvalue weighted by Crippen LogP contribution is 2.28. The van der Waals surface area contributed by atoms with Crippen LogP contribution in [-0.4, -0.2) is 56.6 Å². The lowest BCUT2D eigenvalue weighted by Gasteiger charge is -2.17. The number of nitrogens with zero attached hydrogens (tertiary/aromatic N) is 1. The van der Waals surface area contributed by atoms with Gasteiger partial charge < -0.3 is 19.2 Å². The van der Waals surface area contributed by atoms with Crippen LogP contribution in [0.1, 0.15) is 37.7 Å². The SMILES string of the molecule is COC(=O)c1c(C)[nH]c(C(=O)CN(C)Cc2ccc(OC)c(OC)c2)c1C. The second kappa shape index (κ2) is 8.73. The van der Waals surface area contributed by atoms with E-state index in [1.807, 2.05) is 30.1 Å². The number of benzene rings is 1. The van der Waals surface area contributed by atoms with Crippen LogP contribution in [-0.2, 0) is 11.3 Å². The number of hydrogen-bond acceptors (Lipinski definition) is 6. The van der Waals surface area contributed by atoms with Crippen molar-refractivity contribution in [3.63, 3.8) is 0 Å². The number of ketones is 1. The van der Waals surface area contributed by atoms with E-state index in [1.165, 1.54) is 7.11 Å². The Hall–Kier alpha value is -2.80. The van der Waals surface area contributed by atoms with Crippen LogP contribution in [0.2, 0.25) is 0 Å². The molecular weight excluding hydrogens is 348 g/mol. The topological polar surface area (TPSA) is 80.9 Å². The molecule has 7 nitrogen and oxygen atoms in total. The van der Waals surface area contributed by atoms with E-state index in [4.69, 9.17) is 14.2 Å².